The zero-order chi connectivity index (χ0) is 13.1. The molecule has 0 fully saturated rings. The van der Waals surface area contributed by atoms with E-state index in [0.717, 1.165) is 5.69 Å². The quantitative estimate of drug-likeness (QED) is 0.894. The SMILES string of the molecule is Cc1cc(-n2nnnc2CNC(C)C)ccc1F. The first-order chi connectivity index (χ1) is 8.58. The van der Waals surface area contributed by atoms with Gasteiger partial charge in [-0.2, -0.15) is 4.68 Å². The summed E-state index contributed by atoms with van der Waals surface area (Å²) in [5, 5.41) is 14.8. The molecule has 0 radical (unpaired) electrons. The average Bonchev–Trinajstić information content (AvgIpc) is 2.78. The molecule has 96 valence electrons. The van der Waals surface area contributed by atoms with Crippen LogP contribution < -0.4 is 5.32 Å². The Morgan fingerprint density at radius 3 is 2.83 bits per heavy atom. The Hall–Kier alpha value is -1.82. The summed E-state index contributed by atoms with van der Waals surface area (Å²) in [6.45, 7) is 6.39. The maximum Gasteiger partial charge on any atom is 0.170 e. The Morgan fingerprint density at radius 2 is 2.17 bits per heavy atom. The van der Waals surface area contributed by atoms with Crippen LogP contribution in [0.4, 0.5) is 4.39 Å². The van der Waals surface area contributed by atoms with Gasteiger partial charge in [-0.3, -0.25) is 0 Å². The van der Waals surface area contributed by atoms with Gasteiger partial charge in [-0.15, -0.1) is 5.10 Å². The van der Waals surface area contributed by atoms with Crippen molar-refractivity contribution < 1.29 is 4.39 Å². The standard InChI is InChI=1S/C12H16FN5/c1-8(2)14-7-12-15-16-17-18(12)10-4-5-11(13)9(3)6-10/h4-6,8,14H,7H2,1-3H3. The molecule has 6 heteroatoms. The lowest BCUT2D eigenvalue weighted by Gasteiger charge is -2.09. The Bertz CT molecular complexity index is 535. The Balaban J connectivity index is 2.27. The number of hydrogen-bond acceptors (Lipinski definition) is 4. The fourth-order valence-electron chi connectivity index (χ4n) is 1.57. The van der Waals surface area contributed by atoms with Gasteiger partial charge in [0.05, 0.1) is 12.2 Å². The minimum absolute atomic E-state index is 0.228. The highest BCUT2D eigenvalue weighted by molar-refractivity contribution is 5.35. The van der Waals surface area contributed by atoms with Crippen molar-refractivity contribution in [3.63, 3.8) is 0 Å². The fourth-order valence-corrected chi connectivity index (χ4v) is 1.57. The van der Waals surface area contributed by atoms with E-state index >= 15 is 0 Å². The van der Waals surface area contributed by atoms with Crippen molar-refractivity contribution in [2.24, 2.45) is 0 Å². The summed E-state index contributed by atoms with van der Waals surface area (Å²) in [6.07, 6.45) is 0. The van der Waals surface area contributed by atoms with Crippen molar-refractivity contribution in [3.8, 4) is 5.69 Å². The lowest BCUT2D eigenvalue weighted by molar-refractivity contribution is 0.562. The molecule has 0 amide bonds. The zero-order valence-electron chi connectivity index (χ0n) is 10.7. The number of aryl methyl sites for hydroxylation is 1. The van der Waals surface area contributed by atoms with Gasteiger partial charge < -0.3 is 5.32 Å². The molecule has 0 atom stereocenters. The second-order valence-corrected chi connectivity index (χ2v) is 4.48. The molecule has 0 bridgehead atoms. The van der Waals surface area contributed by atoms with Gasteiger partial charge in [0, 0.05) is 6.04 Å². The van der Waals surface area contributed by atoms with Crippen LogP contribution in [0.25, 0.3) is 5.69 Å². The lowest BCUT2D eigenvalue weighted by atomic mass is 10.2. The second-order valence-electron chi connectivity index (χ2n) is 4.48. The summed E-state index contributed by atoms with van der Waals surface area (Å²) in [5.74, 6) is 0.475. The number of benzene rings is 1. The van der Waals surface area contributed by atoms with Crippen molar-refractivity contribution in [1.82, 2.24) is 25.5 Å². The topological polar surface area (TPSA) is 55.6 Å². The van der Waals surface area contributed by atoms with Gasteiger partial charge >= 0.3 is 0 Å². The molecule has 0 aliphatic rings. The van der Waals surface area contributed by atoms with Crippen molar-refractivity contribution in [3.05, 3.63) is 35.4 Å². The van der Waals surface area contributed by atoms with Gasteiger partial charge in [0.15, 0.2) is 5.82 Å². The van der Waals surface area contributed by atoms with Gasteiger partial charge in [0.1, 0.15) is 5.82 Å². The summed E-state index contributed by atoms with van der Waals surface area (Å²) >= 11 is 0. The molecule has 1 heterocycles. The van der Waals surface area contributed by atoms with Crippen LogP contribution in [0.3, 0.4) is 0 Å². The second kappa shape index (κ2) is 5.22. The van der Waals surface area contributed by atoms with Crippen LogP contribution in [-0.2, 0) is 6.54 Å². The average molecular weight is 249 g/mol. The third kappa shape index (κ3) is 2.70. The van der Waals surface area contributed by atoms with Crippen LogP contribution >= 0.6 is 0 Å². The van der Waals surface area contributed by atoms with Gasteiger partial charge in [-0.05, 0) is 41.1 Å². The van der Waals surface area contributed by atoms with Gasteiger partial charge in [0.2, 0.25) is 0 Å². The minimum Gasteiger partial charge on any atom is -0.308 e. The molecule has 0 saturated carbocycles. The number of nitrogens with zero attached hydrogens (tertiary/aromatic N) is 4. The molecule has 1 aromatic heterocycles. The number of hydrogen-bond donors (Lipinski definition) is 1. The van der Waals surface area contributed by atoms with E-state index in [0.29, 0.717) is 24.0 Å². The third-order valence-electron chi connectivity index (χ3n) is 2.59. The number of aromatic nitrogens is 4. The summed E-state index contributed by atoms with van der Waals surface area (Å²) in [6, 6.07) is 5.17. The molecule has 0 unspecified atom stereocenters. The van der Waals surface area contributed by atoms with Gasteiger partial charge in [-0.1, -0.05) is 13.8 Å². The highest BCUT2D eigenvalue weighted by Crippen LogP contribution is 2.13. The van der Waals surface area contributed by atoms with Crippen LogP contribution in [0, 0.1) is 12.7 Å². The summed E-state index contributed by atoms with van der Waals surface area (Å²) < 4.78 is 14.8. The first-order valence-corrected chi connectivity index (χ1v) is 5.85. The number of nitrogens with one attached hydrogen (secondary N) is 1. The molecule has 5 nitrogen and oxygen atoms in total. The van der Waals surface area contributed by atoms with E-state index in [2.05, 4.69) is 34.7 Å². The third-order valence-corrected chi connectivity index (χ3v) is 2.59. The number of rotatable bonds is 4. The maximum atomic E-state index is 13.2. The van der Waals surface area contributed by atoms with Gasteiger partial charge in [0.25, 0.3) is 0 Å². The largest absolute Gasteiger partial charge is 0.308 e. The van der Waals surface area contributed by atoms with Crippen LogP contribution in [0.1, 0.15) is 25.2 Å². The molecule has 18 heavy (non-hydrogen) atoms. The van der Waals surface area contributed by atoms with Crippen LogP contribution in [0.15, 0.2) is 18.2 Å². The van der Waals surface area contributed by atoms with Crippen LogP contribution in [0.5, 0.6) is 0 Å². The first kappa shape index (κ1) is 12.6. The van der Waals surface area contributed by atoms with E-state index in [9.17, 15) is 4.39 Å². The van der Waals surface area contributed by atoms with Crippen molar-refractivity contribution in [2.45, 2.75) is 33.4 Å². The summed E-state index contributed by atoms with van der Waals surface area (Å²) in [4.78, 5) is 0. The molecule has 2 aromatic rings. The molecule has 0 aliphatic heterocycles. The number of tetrazole rings is 1. The molecular formula is C12H16FN5. The monoisotopic (exact) mass is 249 g/mol. The Labute approximate surface area is 105 Å². The van der Waals surface area contributed by atoms with Crippen molar-refractivity contribution in [2.75, 3.05) is 0 Å². The highest BCUT2D eigenvalue weighted by atomic mass is 19.1. The molecule has 0 aliphatic carbocycles. The molecule has 1 N–H and O–H groups in total. The van der Waals surface area contributed by atoms with E-state index in [1.807, 2.05) is 0 Å². The molecule has 2 rings (SSSR count). The molecule has 0 spiro atoms. The predicted molar refractivity (Wildman–Crippen MR) is 65.8 cm³/mol. The minimum atomic E-state index is -0.228. The normalized spacial score (nSPS) is 11.2. The van der Waals surface area contributed by atoms with Gasteiger partial charge in [-0.25, -0.2) is 4.39 Å². The van der Waals surface area contributed by atoms with Crippen LogP contribution in [-0.4, -0.2) is 26.2 Å². The fraction of sp³-hybridized carbons (Fsp3) is 0.417. The predicted octanol–water partition coefficient (Wildman–Crippen LogP) is 1.61. The smallest absolute Gasteiger partial charge is 0.170 e. The maximum absolute atomic E-state index is 13.2. The Kier molecular flexibility index (Phi) is 3.66. The van der Waals surface area contributed by atoms with E-state index < -0.39 is 0 Å². The van der Waals surface area contributed by atoms with E-state index in [4.69, 9.17) is 0 Å². The number of halogens is 1. The van der Waals surface area contributed by atoms with E-state index in [-0.39, 0.29) is 5.82 Å². The molecular weight excluding hydrogens is 233 g/mol. The van der Waals surface area contributed by atoms with E-state index in [1.54, 1.807) is 23.7 Å². The first-order valence-electron chi connectivity index (χ1n) is 5.85. The van der Waals surface area contributed by atoms with Crippen molar-refractivity contribution >= 4 is 0 Å². The molecule has 1 aromatic carbocycles. The Morgan fingerprint density at radius 1 is 1.39 bits per heavy atom. The lowest BCUT2D eigenvalue weighted by Crippen LogP contribution is -2.24. The summed E-state index contributed by atoms with van der Waals surface area (Å²) in [7, 11) is 0. The zero-order valence-corrected chi connectivity index (χ0v) is 10.7. The highest BCUT2D eigenvalue weighted by Gasteiger charge is 2.09. The molecule has 0 saturated heterocycles. The van der Waals surface area contributed by atoms with E-state index in [1.165, 1.54) is 6.07 Å². The summed E-state index contributed by atoms with van der Waals surface area (Å²) in [5.41, 5.74) is 1.34. The van der Waals surface area contributed by atoms with Crippen LogP contribution in [0.2, 0.25) is 0 Å². The van der Waals surface area contributed by atoms with Crippen molar-refractivity contribution in [1.29, 1.82) is 0 Å².